The quantitative estimate of drug-likeness (QED) is 0.909. The number of halogens is 1. The van der Waals surface area contributed by atoms with Crippen LogP contribution in [-0.4, -0.2) is 9.97 Å². The maximum atomic E-state index is 11.2. The Morgan fingerprint density at radius 2 is 2.47 bits per heavy atom. The second-order valence-electron chi connectivity index (χ2n) is 2.83. The van der Waals surface area contributed by atoms with E-state index in [0.29, 0.717) is 16.8 Å². The highest BCUT2D eigenvalue weighted by atomic mass is 79.9. The number of aromatic nitrogens is 2. The molecular formula is C9H8BrN3OS. The second-order valence-corrected chi connectivity index (χ2v) is 4.65. The lowest BCUT2D eigenvalue weighted by Gasteiger charge is -2.04. The van der Waals surface area contributed by atoms with Gasteiger partial charge in [0.2, 0.25) is 0 Å². The van der Waals surface area contributed by atoms with E-state index >= 15 is 0 Å². The van der Waals surface area contributed by atoms with Crippen LogP contribution in [0, 0.1) is 0 Å². The Kier molecular flexibility index (Phi) is 3.17. The van der Waals surface area contributed by atoms with Gasteiger partial charge in [-0.25, -0.2) is 4.98 Å². The molecule has 0 aliphatic carbocycles. The summed E-state index contributed by atoms with van der Waals surface area (Å²) in [5.74, 6) is 0.562. The standard InChI is InChI=1S/C9H8BrN3OS/c10-7-8(12-5-13-9(7)14)11-4-6-2-1-3-15-6/h1-3,5H,4H2,(H2,11,12,13,14). The van der Waals surface area contributed by atoms with Gasteiger partial charge >= 0.3 is 0 Å². The van der Waals surface area contributed by atoms with Gasteiger partial charge in [-0.3, -0.25) is 4.79 Å². The first-order valence-electron chi connectivity index (χ1n) is 4.27. The molecule has 0 atom stereocenters. The number of aromatic amines is 1. The molecule has 2 rings (SSSR count). The maximum Gasteiger partial charge on any atom is 0.267 e. The van der Waals surface area contributed by atoms with Gasteiger partial charge in [0, 0.05) is 4.88 Å². The number of hydrogen-bond donors (Lipinski definition) is 2. The summed E-state index contributed by atoms with van der Waals surface area (Å²) in [6.07, 6.45) is 1.38. The first-order valence-corrected chi connectivity index (χ1v) is 5.94. The molecule has 78 valence electrons. The lowest BCUT2D eigenvalue weighted by atomic mass is 10.4. The predicted molar refractivity (Wildman–Crippen MR) is 64.2 cm³/mol. The van der Waals surface area contributed by atoms with E-state index < -0.39 is 0 Å². The molecule has 15 heavy (non-hydrogen) atoms. The van der Waals surface area contributed by atoms with Crippen molar-refractivity contribution in [2.45, 2.75) is 6.54 Å². The molecule has 0 saturated heterocycles. The van der Waals surface area contributed by atoms with E-state index in [0.717, 1.165) is 0 Å². The fraction of sp³-hybridized carbons (Fsp3) is 0.111. The van der Waals surface area contributed by atoms with Crippen molar-refractivity contribution in [1.29, 1.82) is 0 Å². The molecule has 0 unspecified atom stereocenters. The van der Waals surface area contributed by atoms with Crippen molar-refractivity contribution < 1.29 is 0 Å². The highest BCUT2D eigenvalue weighted by molar-refractivity contribution is 9.10. The minimum absolute atomic E-state index is 0.182. The van der Waals surface area contributed by atoms with Crippen molar-refractivity contribution in [2.75, 3.05) is 5.32 Å². The number of hydrogen-bond acceptors (Lipinski definition) is 4. The topological polar surface area (TPSA) is 57.8 Å². The minimum atomic E-state index is -0.182. The highest BCUT2D eigenvalue weighted by Gasteiger charge is 2.04. The largest absolute Gasteiger partial charge is 0.364 e. The van der Waals surface area contributed by atoms with Gasteiger partial charge in [0.05, 0.1) is 12.9 Å². The minimum Gasteiger partial charge on any atom is -0.364 e. The third kappa shape index (κ3) is 2.45. The molecule has 0 aromatic carbocycles. The van der Waals surface area contributed by atoms with E-state index in [-0.39, 0.29) is 5.56 Å². The Hall–Kier alpha value is -1.14. The van der Waals surface area contributed by atoms with Crippen LogP contribution in [0.4, 0.5) is 5.82 Å². The second kappa shape index (κ2) is 4.59. The van der Waals surface area contributed by atoms with Crippen LogP contribution in [0.25, 0.3) is 0 Å². The Morgan fingerprint density at radius 3 is 3.20 bits per heavy atom. The maximum absolute atomic E-state index is 11.2. The molecule has 0 amide bonds. The Morgan fingerprint density at radius 1 is 1.60 bits per heavy atom. The van der Waals surface area contributed by atoms with Gasteiger partial charge in [-0.15, -0.1) is 11.3 Å². The van der Waals surface area contributed by atoms with E-state index in [4.69, 9.17) is 0 Å². The summed E-state index contributed by atoms with van der Waals surface area (Å²) in [4.78, 5) is 18.9. The Balaban J connectivity index is 2.12. The summed E-state index contributed by atoms with van der Waals surface area (Å²) in [6.45, 7) is 0.673. The lowest BCUT2D eigenvalue weighted by Crippen LogP contribution is -2.11. The number of nitrogens with zero attached hydrogens (tertiary/aromatic N) is 1. The van der Waals surface area contributed by atoms with Gasteiger partial charge in [-0.05, 0) is 27.4 Å². The number of thiophene rings is 1. The summed E-state index contributed by atoms with van der Waals surface area (Å²) < 4.78 is 0.432. The monoisotopic (exact) mass is 285 g/mol. The van der Waals surface area contributed by atoms with Gasteiger partial charge in [-0.1, -0.05) is 6.07 Å². The van der Waals surface area contributed by atoms with Crippen molar-refractivity contribution in [3.63, 3.8) is 0 Å². The number of H-pyrrole nitrogens is 1. The highest BCUT2D eigenvalue weighted by Crippen LogP contribution is 2.16. The normalized spacial score (nSPS) is 10.2. The molecule has 0 aliphatic heterocycles. The fourth-order valence-electron chi connectivity index (χ4n) is 1.09. The molecule has 2 N–H and O–H groups in total. The average Bonchev–Trinajstić information content (AvgIpc) is 2.73. The molecule has 2 aromatic heterocycles. The zero-order valence-electron chi connectivity index (χ0n) is 7.66. The predicted octanol–water partition coefficient (Wildman–Crippen LogP) is 2.21. The van der Waals surface area contributed by atoms with E-state index in [2.05, 4.69) is 31.2 Å². The Labute approximate surface area is 98.5 Å². The molecule has 0 bridgehead atoms. The first kappa shape index (κ1) is 10.4. The van der Waals surface area contributed by atoms with Crippen LogP contribution in [0.5, 0.6) is 0 Å². The molecule has 6 heteroatoms. The van der Waals surface area contributed by atoms with E-state index in [1.165, 1.54) is 11.2 Å². The lowest BCUT2D eigenvalue weighted by molar-refractivity contribution is 1.06. The molecule has 2 aromatic rings. The molecule has 2 heterocycles. The van der Waals surface area contributed by atoms with Gasteiger partial charge in [0.1, 0.15) is 10.3 Å². The van der Waals surface area contributed by atoms with Crippen molar-refractivity contribution in [1.82, 2.24) is 9.97 Å². The summed E-state index contributed by atoms with van der Waals surface area (Å²) in [5, 5.41) is 5.10. The van der Waals surface area contributed by atoms with Crippen molar-refractivity contribution in [3.8, 4) is 0 Å². The number of rotatable bonds is 3. The zero-order chi connectivity index (χ0) is 10.7. The average molecular weight is 286 g/mol. The molecular weight excluding hydrogens is 278 g/mol. The molecule has 0 aliphatic rings. The number of nitrogens with one attached hydrogen (secondary N) is 2. The van der Waals surface area contributed by atoms with E-state index in [1.807, 2.05) is 17.5 Å². The van der Waals surface area contributed by atoms with Gasteiger partial charge < -0.3 is 10.3 Å². The molecule has 4 nitrogen and oxygen atoms in total. The molecule has 0 saturated carbocycles. The van der Waals surface area contributed by atoms with Crippen LogP contribution in [0.3, 0.4) is 0 Å². The third-order valence-corrected chi connectivity index (χ3v) is 3.42. The van der Waals surface area contributed by atoms with E-state index in [1.54, 1.807) is 11.3 Å². The summed E-state index contributed by atoms with van der Waals surface area (Å²) in [6, 6.07) is 4.01. The van der Waals surface area contributed by atoms with Crippen molar-refractivity contribution >= 4 is 33.1 Å². The summed E-state index contributed by atoms with van der Waals surface area (Å²) in [7, 11) is 0. The fourth-order valence-corrected chi connectivity index (χ4v) is 2.09. The molecule has 0 spiro atoms. The van der Waals surface area contributed by atoms with Crippen molar-refractivity contribution in [2.24, 2.45) is 0 Å². The summed E-state index contributed by atoms with van der Waals surface area (Å²) in [5.41, 5.74) is -0.182. The Bertz CT molecular complexity index is 494. The summed E-state index contributed by atoms with van der Waals surface area (Å²) >= 11 is 4.84. The van der Waals surface area contributed by atoms with Crippen LogP contribution < -0.4 is 10.9 Å². The van der Waals surface area contributed by atoms with Gasteiger partial charge in [0.25, 0.3) is 5.56 Å². The SMILES string of the molecule is O=c1[nH]cnc(NCc2cccs2)c1Br. The van der Waals surface area contributed by atoms with Crippen LogP contribution in [0.1, 0.15) is 4.88 Å². The smallest absolute Gasteiger partial charge is 0.267 e. The van der Waals surface area contributed by atoms with Crippen LogP contribution >= 0.6 is 27.3 Å². The van der Waals surface area contributed by atoms with Crippen molar-refractivity contribution in [3.05, 3.63) is 43.5 Å². The van der Waals surface area contributed by atoms with Crippen LogP contribution in [0.2, 0.25) is 0 Å². The van der Waals surface area contributed by atoms with Gasteiger partial charge in [-0.2, -0.15) is 0 Å². The van der Waals surface area contributed by atoms with Crippen LogP contribution in [-0.2, 0) is 6.54 Å². The zero-order valence-corrected chi connectivity index (χ0v) is 10.1. The van der Waals surface area contributed by atoms with Gasteiger partial charge in [0.15, 0.2) is 0 Å². The first-order chi connectivity index (χ1) is 7.27. The van der Waals surface area contributed by atoms with E-state index in [9.17, 15) is 4.79 Å². The van der Waals surface area contributed by atoms with Crippen LogP contribution in [0.15, 0.2) is 33.1 Å². The number of anilines is 1. The molecule has 0 fully saturated rings. The third-order valence-electron chi connectivity index (χ3n) is 1.81. The molecule has 0 radical (unpaired) electrons.